The molecule has 5 aromatic rings. The van der Waals surface area contributed by atoms with Crippen LogP contribution in [0.5, 0.6) is 0 Å². The third kappa shape index (κ3) is 2.14. The summed E-state index contributed by atoms with van der Waals surface area (Å²) in [6.07, 6.45) is 0. The fourth-order valence-electron chi connectivity index (χ4n) is 3.69. The van der Waals surface area contributed by atoms with Gasteiger partial charge in [0.05, 0.1) is 27.8 Å². The molecule has 0 fully saturated rings. The average Bonchev–Trinajstić information content (AvgIpc) is 2.96. The molecular formula is C22H14ClFN2. The van der Waals surface area contributed by atoms with Gasteiger partial charge in [0.15, 0.2) is 0 Å². The van der Waals surface area contributed by atoms with Crippen molar-refractivity contribution in [3.8, 4) is 11.3 Å². The van der Waals surface area contributed by atoms with Crippen LogP contribution in [-0.4, -0.2) is 9.38 Å². The zero-order valence-electron chi connectivity index (χ0n) is 14.0. The Morgan fingerprint density at radius 1 is 0.923 bits per heavy atom. The van der Waals surface area contributed by atoms with Crippen molar-refractivity contribution in [2.75, 3.05) is 0 Å². The summed E-state index contributed by atoms with van der Waals surface area (Å²) in [7, 11) is 0. The van der Waals surface area contributed by atoms with Gasteiger partial charge in [0, 0.05) is 22.0 Å². The van der Waals surface area contributed by atoms with Gasteiger partial charge < -0.3 is 4.40 Å². The largest absolute Gasteiger partial charge is 0.305 e. The van der Waals surface area contributed by atoms with Gasteiger partial charge in [-0.15, -0.1) is 0 Å². The van der Waals surface area contributed by atoms with Crippen LogP contribution in [0.3, 0.4) is 0 Å². The van der Waals surface area contributed by atoms with E-state index in [1.807, 2.05) is 36.4 Å². The van der Waals surface area contributed by atoms with E-state index in [0.717, 1.165) is 44.3 Å². The maximum Gasteiger partial charge on any atom is 0.125 e. The third-order valence-corrected chi connectivity index (χ3v) is 5.13. The van der Waals surface area contributed by atoms with E-state index < -0.39 is 0 Å². The molecule has 0 aliphatic rings. The smallest absolute Gasteiger partial charge is 0.125 e. The Morgan fingerprint density at radius 3 is 2.50 bits per heavy atom. The standard InChI is InChI=1S/C22H14ClFN2/c1-13-17-4-2-3-5-19(17)26-20-12-16(24)10-11-18(20)25-21(22(13)26)14-6-8-15(23)9-7-14/h2-12H,1H3. The van der Waals surface area contributed by atoms with E-state index in [-0.39, 0.29) is 5.82 Å². The highest BCUT2D eigenvalue weighted by Gasteiger charge is 2.17. The van der Waals surface area contributed by atoms with Crippen LogP contribution in [0.1, 0.15) is 5.56 Å². The molecule has 0 saturated carbocycles. The zero-order chi connectivity index (χ0) is 17.8. The first-order valence-corrected chi connectivity index (χ1v) is 8.76. The molecule has 126 valence electrons. The third-order valence-electron chi connectivity index (χ3n) is 4.88. The lowest BCUT2D eigenvalue weighted by Crippen LogP contribution is -1.97. The molecule has 2 heterocycles. The highest BCUT2D eigenvalue weighted by Crippen LogP contribution is 2.35. The summed E-state index contributed by atoms with van der Waals surface area (Å²) in [6, 6.07) is 20.6. The number of hydrogen-bond acceptors (Lipinski definition) is 1. The van der Waals surface area contributed by atoms with Gasteiger partial charge in [-0.05, 0) is 42.8 Å². The first-order valence-electron chi connectivity index (χ1n) is 8.38. The Kier molecular flexibility index (Phi) is 3.28. The molecule has 0 bridgehead atoms. The number of fused-ring (bicyclic) bond motifs is 5. The summed E-state index contributed by atoms with van der Waals surface area (Å²) in [4.78, 5) is 4.87. The molecular weight excluding hydrogens is 347 g/mol. The molecule has 0 radical (unpaired) electrons. The molecule has 0 saturated heterocycles. The first kappa shape index (κ1) is 15.4. The molecule has 0 spiro atoms. The maximum atomic E-state index is 14.0. The van der Waals surface area contributed by atoms with Gasteiger partial charge in [0.25, 0.3) is 0 Å². The van der Waals surface area contributed by atoms with Gasteiger partial charge in [0.1, 0.15) is 5.82 Å². The minimum Gasteiger partial charge on any atom is -0.305 e. The van der Waals surface area contributed by atoms with Crippen LogP contribution >= 0.6 is 11.6 Å². The quantitative estimate of drug-likeness (QED) is 0.337. The normalized spacial score (nSPS) is 11.7. The Hall–Kier alpha value is -2.91. The van der Waals surface area contributed by atoms with Crippen molar-refractivity contribution < 1.29 is 4.39 Å². The van der Waals surface area contributed by atoms with Crippen LogP contribution in [-0.2, 0) is 0 Å². The predicted octanol–water partition coefficient (Wildman–Crippen LogP) is 6.41. The molecule has 4 heteroatoms. The fraction of sp³-hybridized carbons (Fsp3) is 0.0455. The highest BCUT2D eigenvalue weighted by molar-refractivity contribution is 6.30. The maximum absolute atomic E-state index is 14.0. The van der Waals surface area contributed by atoms with Crippen LogP contribution in [0.2, 0.25) is 5.02 Å². The number of rotatable bonds is 1. The summed E-state index contributed by atoms with van der Waals surface area (Å²) >= 11 is 6.06. The van der Waals surface area contributed by atoms with Crippen molar-refractivity contribution >= 4 is 39.1 Å². The minimum absolute atomic E-state index is 0.268. The number of hydrogen-bond donors (Lipinski definition) is 0. The van der Waals surface area contributed by atoms with Crippen LogP contribution in [0, 0.1) is 12.7 Å². The Balaban J connectivity index is 2.05. The van der Waals surface area contributed by atoms with Gasteiger partial charge in [-0.2, -0.15) is 0 Å². The number of para-hydroxylation sites is 1. The second-order valence-corrected chi connectivity index (χ2v) is 6.86. The summed E-state index contributed by atoms with van der Waals surface area (Å²) in [5.41, 5.74) is 6.54. The summed E-state index contributed by atoms with van der Waals surface area (Å²) in [5, 5.41) is 1.83. The molecule has 2 aromatic heterocycles. The monoisotopic (exact) mass is 360 g/mol. The number of benzene rings is 3. The van der Waals surface area contributed by atoms with Crippen molar-refractivity contribution in [3.05, 3.63) is 83.1 Å². The molecule has 5 rings (SSSR count). The number of aromatic nitrogens is 2. The molecule has 0 amide bonds. The number of halogens is 2. The van der Waals surface area contributed by atoms with Gasteiger partial charge in [-0.3, -0.25) is 0 Å². The molecule has 0 N–H and O–H groups in total. The summed E-state index contributed by atoms with van der Waals surface area (Å²) < 4.78 is 16.1. The van der Waals surface area contributed by atoms with E-state index in [4.69, 9.17) is 16.6 Å². The topological polar surface area (TPSA) is 17.3 Å². The number of nitrogens with zero attached hydrogens (tertiary/aromatic N) is 2. The van der Waals surface area contributed by atoms with Gasteiger partial charge in [-0.1, -0.05) is 41.9 Å². The predicted molar refractivity (Wildman–Crippen MR) is 105 cm³/mol. The van der Waals surface area contributed by atoms with E-state index in [2.05, 4.69) is 23.5 Å². The van der Waals surface area contributed by atoms with Gasteiger partial charge in [-0.25, -0.2) is 9.37 Å². The van der Waals surface area contributed by atoms with E-state index in [1.165, 1.54) is 6.07 Å². The molecule has 26 heavy (non-hydrogen) atoms. The van der Waals surface area contributed by atoms with E-state index in [0.29, 0.717) is 5.02 Å². The second-order valence-electron chi connectivity index (χ2n) is 6.43. The van der Waals surface area contributed by atoms with Crippen LogP contribution in [0.4, 0.5) is 4.39 Å². The fourth-order valence-corrected chi connectivity index (χ4v) is 3.81. The van der Waals surface area contributed by atoms with Crippen molar-refractivity contribution in [1.29, 1.82) is 0 Å². The first-order chi connectivity index (χ1) is 12.6. The highest BCUT2D eigenvalue weighted by atomic mass is 35.5. The number of aryl methyl sites for hydroxylation is 1. The van der Waals surface area contributed by atoms with Crippen LogP contribution in [0.25, 0.3) is 38.7 Å². The Bertz CT molecular complexity index is 1300. The molecule has 0 aliphatic carbocycles. The van der Waals surface area contributed by atoms with Crippen molar-refractivity contribution in [3.63, 3.8) is 0 Å². The lowest BCUT2D eigenvalue weighted by atomic mass is 10.1. The molecule has 0 atom stereocenters. The zero-order valence-corrected chi connectivity index (χ0v) is 14.8. The summed E-state index contributed by atoms with van der Waals surface area (Å²) in [6.45, 7) is 2.09. The second kappa shape index (κ2) is 5.55. The molecule has 2 nitrogen and oxygen atoms in total. The van der Waals surface area contributed by atoms with Crippen LogP contribution < -0.4 is 0 Å². The Labute approximate surface area is 154 Å². The Morgan fingerprint density at radius 2 is 1.69 bits per heavy atom. The van der Waals surface area contributed by atoms with Crippen molar-refractivity contribution in [1.82, 2.24) is 9.38 Å². The lowest BCUT2D eigenvalue weighted by Gasteiger charge is -2.10. The molecule has 3 aromatic carbocycles. The van der Waals surface area contributed by atoms with E-state index in [9.17, 15) is 4.39 Å². The van der Waals surface area contributed by atoms with Crippen LogP contribution in [0.15, 0.2) is 66.7 Å². The van der Waals surface area contributed by atoms with Crippen molar-refractivity contribution in [2.24, 2.45) is 0 Å². The van der Waals surface area contributed by atoms with E-state index in [1.54, 1.807) is 12.1 Å². The van der Waals surface area contributed by atoms with Gasteiger partial charge in [0.2, 0.25) is 0 Å². The molecule has 0 aliphatic heterocycles. The SMILES string of the molecule is Cc1c2ccccc2n2c1c(-c1ccc(Cl)cc1)nc1ccc(F)cc12. The summed E-state index contributed by atoms with van der Waals surface area (Å²) in [5.74, 6) is -0.268. The van der Waals surface area contributed by atoms with E-state index >= 15 is 0 Å². The lowest BCUT2D eigenvalue weighted by molar-refractivity contribution is 0.629. The van der Waals surface area contributed by atoms with Gasteiger partial charge >= 0.3 is 0 Å². The average molecular weight is 361 g/mol. The minimum atomic E-state index is -0.268. The van der Waals surface area contributed by atoms with Crippen molar-refractivity contribution in [2.45, 2.75) is 6.92 Å². The molecule has 0 unspecified atom stereocenters.